The fourth-order valence-electron chi connectivity index (χ4n) is 14.8. The van der Waals surface area contributed by atoms with Crippen LogP contribution in [0.2, 0.25) is 10.0 Å². The second kappa shape index (κ2) is 28.8. The Kier molecular flexibility index (Phi) is 22.7. The average molecular weight is 1320 g/mol. The third-order valence-corrected chi connectivity index (χ3v) is 20.1. The van der Waals surface area contributed by atoms with E-state index in [4.69, 9.17) is 62.1 Å². The van der Waals surface area contributed by atoms with E-state index in [2.05, 4.69) is 23.2 Å². The molecule has 3 saturated carbocycles. The second-order valence-corrected chi connectivity index (χ2v) is 28.5. The van der Waals surface area contributed by atoms with E-state index in [0.717, 1.165) is 99.5 Å². The average Bonchev–Trinajstić information content (AvgIpc) is 2.51. The molecule has 2 unspecified atom stereocenters. The number of hydrogen-bond acceptors (Lipinski definition) is 14. The van der Waals surface area contributed by atoms with Crippen LogP contribution in [0.15, 0.2) is 36.4 Å². The van der Waals surface area contributed by atoms with Crippen LogP contribution in [0, 0.1) is 46.3 Å². The maximum absolute atomic E-state index is 14.2. The van der Waals surface area contributed by atoms with Crippen molar-refractivity contribution in [1.29, 1.82) is 0 Å². The minimum Gasteiger partial charge on any atom is -0.540 e. The van der Waals surface area contributed by atoms with Crippen molar-refractivity contribution < 1.29 is 84.8 Å². The number of alkyl carbamates (subject to hydrolysis) is 2. The maximum Gasteiger partial charge on any atom is 0.408 e. The monoisotopic (exact) mass is 1320 g/mol. The molecule has 2 radical (unpaired) electrons. The van der Waals surface area contributed by atoms with Crippen LogP contribution in [-0.4, -0.2) is 127 Å². The Balaban J connectivity index is 0.000000223. The molecule has 5 fully saturated rings. The zero-order valence-electron chi connectivity index (χ0n) is 52.3. The Hall–Kier alpha value is -4.71. The van der Waals surface area contributed by atoms with E-state index in [0.29, 0.717) is 76.3 Å². The number of benzene rings is 2. The molecule has 88 heavy (non-hydrogen) atoms. The molecule has 14 atom stereocenters. The molecule has 6 heterocycles. The molecule has 4 aliphatic heterocycles. The largest absolute Gasteiger partial charge is 0.540 e. The number of carbonyl (C=O) groups is 4. The summed E-state index contributed by atoms with van der Waals surface area (Å²) in [7, 11) is 0. The van der Waals surface area contributed by atoms with Gasteiger partial charge in [-0.15, -0.1) is 0 Å². The van der Waals surface area contributed by atoms with Crippen LogP contribution >= 0.6 is 23.2 Å². The number of ether oxygens (including phenoxy) is 4. The number of hydrogen-bond donors (Lipinski definition) is 2. The van der Waals surface area contributed by atoms with Crippen molar-refractivity contribution in [3.05, 3.63) is 57.8 Å². The summed E-state index contributed by atoms with van der Waals surface area (Å²) in [6.45, 7) is 17.7. The number of carbonyl (C=O) groups excluding carboxylic acids is 6. The van der Waals surface area contributed by atoms with Gasteiger partial charge in [-0.1, -0.05) is 129 Å². The number of halogens is 2. The van der Waals surface area contributed by atoms with E-state index < -0.39 is 65.0 Å². The van der Waals surface area contributed by atoms with Crippen molar-refractivity contribution in [3.8, 4) is 11.8 Å². The van der Waals surface area contributed by atoms with Crippen molar-refractivity contribution in [2.75, 3.05) is 13.1 Å². The van der Waals surface area contributed by atoms with Gasteiger partial charge < -0.3 is 49.0 Å². The smallest absolute Gasteiger partial charge is 0.408 e. The van der Waals surface area contributed by atoms with Gasteiger partial charge in [-0.05, 0) is 160 Å². The molecule has 2 saturated heterocycles. The maximum atomic E-state index is 14.2. The number of aryl methyl sites for hydroxylation is 2. The van der Waals surface area contributed by atoms with Crippen LogP contribution in [0.25, 0.3) is 22.1 Å². The van der Waals surface area contributed by atoms with Gasteiger partial charge in [0, 0.05) is 47.2 Å². The first-order chi connectivity index (χ1) is 41.0. The summed E-state index contributed by atoms with van der Waals surface area (Å²) in [5, 5.41) is 6.90. The Morgan fingerprint density at radius 1 is 0.591 bits per heavy atom. The van der Waals surface area contributed by atoms with Gasteiger partial charge >= 0.3 is 12.2 Å². The first-order valence-electron chi connectivity index (χ1n) is 31.6. The van der Waals surface area contributed by atoms with E-state index in [9.17, 15) is 28.8 Å². The summed E-state index contributed by atoms with van der Waals surface area (Å²) in [4.78, 5) is 102. The number of fused-ring (bicyclic) bond motifs is 12. The van der Waals surface area contributed by atoms with Crippen molar-refractivity contribution in [2.24, 2.45) is 46.3 Å². The molecule has 3 aliphatic carbocycles. The SMILES string of the molecule is CC[C@@H]1[C@@H]2CN(C(=O)[C@H](C(C)(C)C)NC(=O)O[C@@H]3CC4CC4[C@H]3CCCCCc3nc4ccc(Cl)cc4nc3O2)[C@@H]1[C-]=O.CC[C@@H]1[C@@H]2CN(C(=O)[C@H](C(C)(C)C)NC(=O)O[C@]3(C)CCC[C@H]3CCCCCc3nc4ccc(Cl)cc4nc3O2)[C@@H]1[C-]=O.[V].[V]. The predicted molar refractivity (Wildman–Crippen MR) is 327 cm³/mol. The molecule has 11 rings (SSSR count). The van der Waals surface area contributed by atoms with E-state index >= 15 is 0 Å². The molecule has 4 amide bonds. The van der Waals surface area contributed by atoms with Crippen LogP contribution in [0.4, 0.5) is 9.59 Å². The zero-order valence-corrected chi connectivity index (χ0v) is 56.6. The fourth-order valence-corrected chi connectivity index (χ4v) is 15.1. The standard InChI is InChI=1S/C33H42ClN4O5.C33H44ClN4O5.2V/c1-5-20-26(17-39)38-16-28(20)42-30-24(35-23-12-11-19(34)15-25(23)36-30)10-8-6-7-9-21-22-13-18(22)14-27(21)43-32(41)37-29(31(38)40)33(2,3)4;1-6-22-26(19-39)38-18-27(22)42-29-24(35-23-15-14-21(34)17-25(23)36-29)13-9-7-8-11-20-12-10-16-33(20,5)43-31(41)37-28(30(38)40)32(2,3)4;;/h11-12,15,18,20-22,26-29H,5-10,13-14,16H2,1-4H3,(H,37,41);14-15,17,20,22,26-28H,6-13,16,18H2,1-5H3,(H,37,41);;/q2*-1;;/t18?,20-,21+,22?,26+,27+,28-,29+;20-,22+,26-,27+,28-,33-;;/m01../s1. The second-order valence-electron chi connectivity index (χ2n) is 27.7. The number of aromatic nitrogens is 4. The van der Waals surface area contributed by atoms with E-state index in [1.54, 1.807) is 24.3 Å². The van der Waals surface area contributed by atoms with Crippen LogP contribution in [0.3, 0.4) is 0 Å². The molecule has 2 aromatic heterocycles. The third-order valence-electron chi connectivity index (χ3n) is 19.7. The summed E-state index contributed by atoms with van der Waals surface area (Å²) in [5.41, 5.74) is 2.43. The molecule has 2 N–H and O–H groups in total. The number of rotatable bonds is 4. The van der Waals surface area contributed by atoms with Gasteiger partial charge in [-0.2, -0.15) is 0 Å². The zero-order chi connectivity index (χ0) is 61.4. The summed E-state index contributed by atoms with van der Waals surface area (Å²) < 4.78 is 25.3. The number of nitrogens with zero attached hydrogens (tertiary/aromatic N) is 6. The fraction of sp³-hybridized carbons (Fsp3) is 0.667. The quantitative estimate of drug-likeness (QED) is 0.182. The van der Waals surface area contributed by atoms with Gasteiger partial charge in [0.05, 0.1) is 35.2 Å². The Morgan fingerprint density at radius 3 is 1.55 bits per heavy atom. The predicted octanol–water partition coefficient (Wildman–Crippen LogP) is 11.8. The molecule has 4 bridgehead atoms. The van der Waals surface area contributed by atoms with E-state index in [-0.39, 0.29) is 85.9 Å². The molecule has 2 aromatic carbocycles. The van der Waals surface area contributed by atoms with Crippen LogP contribution in [0.5, 0.6) is 11.8 Å². The van der Waals surface area contributed by atoms with Crippen molar-refractivity contribution in [3.63, 3.8) is 0 Å². The van der Waals surface area contributed by atoms with Gasteiger partial charge in [0.2, 0.25) is 23.6 Å². The topological polar surface area (TPSA) is 221 Å². The van der Waals surface area contributed by atoms with Gasteiger partial charge in [0.25, 0.3) is 0 Å². The normalized spacial score (nSPS) is 31.3. The molecule has 0 spiro atoms. The summed E-state index contributed by atoms with van der Waals surface area (Å²) in [6, 6.07) is 7.43. The number of nitrogens with one attached hydrogen (secondary N) is 2. The number of amides is 4. The third kappa shape index (κ3) is 15.3. The summed E-state index contributed by atoms with van der Waals surface area (Å²) in [6.07, 6.45) is 17.3. The first kappa shape index (κ1) is 69.2. The minimum absolute atomic E-state index is 0. The van der Waals surface area contributed by atoms with Gasteiger partial charge in [0.1, 0.15) is 47.4 Å². The molecular weight excluding hydrogens is 1240 g/mol. The molecule has 7 aliphatic rings. The van der Waals surface area contributed by atoms with Crippen LogP contribution in [-0.2, 0) is 78.6 Å². The van der Waals surface area contributed by atoms with Crippen molar-refractivity contribution >= 4 is 81.8 Å². The molecule has 4 aromatic rings. The van der Waals surface area contributed by atoms with Crippen molar-refractivity contribution in [1.82, 2.24) is 40.4 Å². The molecule has 18 nitrogen and oxygen atoms in total. The van der Waals surface area contributed by atoms with Crippen LogP contribution < -0.4 is 20.1 Å². The van der Waals surface area contributed by atoms with Crippen LogP contribution in [0.1, 0.15) is 170 Å². The molecule has 476 valence electrons. The first-order valence-corrected chi connectivity index (χ1v) is 32.3. The summed E-state index contributed by atoms with van der Waals surface area (Å²) in [5.74, 6) is 1.39. The van der Waals surface area contributed by atoms with Gasteiger partial charge in [-0.25, -0.2) is 42.1 Å². The Morgan fingerprint density at radius 2 is 1.07 bits per heavy atom. The molecule has 22 heteroatoms. The summed E-state index contributed by atoms with van der Waals surface area (Å²) >= 11 is 12.5. The van der Waals surface area contributed by atoms with E-state index in [1.807, 2.05) is 74.4 Å². The van der Waals surface area contributed by atoms with Gasteiger partial charge in [0.15, 0.2) is 0 Å². The van der Waals surface area contributed by atoms with Crippen molar-refractivity contribution in [2.45, 2.75) is 220 Å². The Bertz CT molecular complexity index is 3090. The van der Waals surface area contributed by atoms with Gasteiger partial charge in [-0.3, -0.25) is 9.59 Å². The minimum atomic E-state index is -0.910. The molecular formula is C66H86Cl2N8O10V2-2. The van der Waals surface area contributed by atoms with E-state index in [1.165, 1.54) is 16.2 Å². The Labute approximate surface area is 552 Å².